The van der Waals surface area contributed by atoms with E-state index in [4.69, 9.17) is 34.2 Å². The first-order valence-electron chi connectivity index (χ1n) is 31.0. The highest BCUT2D eigenvalue weighted by Crippen LogP contribution is 2.41. The molecule has 2 aliphatic carbocycles. The number of phosphoric ester groups is 1. The highest BCUT2D eigenvalue weighted by atomic mass is 31.2. The molecule has 0 spiro atoms. The summed E-state index contributed by atoms with van der Waals surface area (Å²) in [5, 5.41) is 133. The van der Waals surface area contributed by atoms with Crippen LogP contribution >= 0.6 is 7.82 Å². The predicted molar refractivity (Wildman–Crippen MR) is 297 cm³/mol. The van der Waals surface area contributed by atoms with Gasteiger partial charge in [-0.2, -0.15) is 0 Å². The predicted octanol–water partition coefficient (Wildman–Crippen LogP) is -1.26. The van der Waals surface area contributed by atoms with Crippen LogP contribution in [0.2, 0.25) is 0 Å². The van der Waals surface area contributed by atoms with E-state index in [2.05, 4.69) is 24.1 Å². The van der Waals surface area contributed by atoms with Crippen LogP contribution in [-0.4, -0.2) is 231 Å². The normalized spacial score (nSPS) is 36.1. The third kappa shape index (κ3) is 25.3. The van der Waals surface area contributed by atoms with Gasteiger partial charge in [-0.1, -0.05) is 168 Å². The summed E-state index contributed by atoms with van der Waals surface area (Å²) >= 11 is 0. The molecule has 2 saturated carbocycles. The van der Waals surface area contributed by atoms with Crippen molar-refractivity contribution in [3.63, 3.8) is 0 Å². The Labute approximate surface area is 494 Å². The smallest absolute Gasteiger partial charge is 0.306 e. The molecule has 0 aromatic carbocycles. The maximum atomic E-state index is 12.7. The van der Waals surface area contributed by atoms with E-state index in [1.807, 2.05) is 0 Å². The zero-order chi connectivity index (χ0) is 62.5. The van der Waals surface area contributed by atoms with E-state index in [1.165, 1.54) is 109 Å². The number of nitrogens with two attached hydrogens (primary N) is 1. The van der Waals surface area contributed by atoms with E-state index in [0.717, 1.165) is 44.9 Å². The van der Waals surface area contributed by atoms with E-state index in [0.29, 0.717) is 12.8 Å². The molecular formula is C56H107N2O25P. The molecule has 23 atom stereocenters. The second-order valence-electron chi connectivity index (χ2n) is 23.2. The molecule has 4 rings (SSSR count). The van der Waals surface area contributed by atoms with Crippen LogP contribution in [0.1, 0.15) is 194 Å². The molecule has 2 saturated heterocycles. The third-order valence-corrected chi connectivity index (χ3v) is 16.9. The monoisotopic (exact) mass is 1240 g/mol. The first-order valence-corrected chi connectivity index (χ1v) is 32.5. The number of quaternary nitrogens is 1. The Balaban J connectivity index is 0.000000442. The molecule has 0 radical (unpaired) electrons. The van der Waals surface area contributed by atoms with Crippen molar-refractivity contribution in [1.29, 1.82) is 0 Å². The molecule has 4 fully saturated rings. The van der Waals surface area contributed by atoms with Crippen LogP contribution in [0.5, 0.6) is 0 Å². The number of carbonyl (C=O) groups is 2. The molecule has 0 amide bonds. The number of hydrogen-bond acceptors (Lipinski definition) is 25. The van der Waals surface area contributed by atoms with Gasteiger partial charge in [0.1, 0.15) is 97.7 Å². The van der Waals surface area contributed by atoms with Crippen molar-refractivity contribution in [3.8, 4) is 0 Å². The second kappa shape index (κ2) is 40.8. The molecule has 0 aromatic heterocycles. The van der Waals surface area contributed by atoms with Gasteiger partial charge >= 0.3 is 11.9 Å². The van der Waals surface area contributed by atoms with E-state index in [-0.39, 0.29) is 12.8 Å². The molecule has 496 valence electrons. The minimum atomic E-state index is -5.60. The highest BCUT2D eigenvalue weighted by molar-refractivity contribution is 7.44. The molecule has 2 heterocycles. The Morgan fingerprint density at radius 2 is 0.774 bits per heavy atom. The van der Waals surface area contributed by atoms with Crippen LogP contribution in [0.15, 0.2) is 0 Å². The number of carbonyl (C=O) groups excluding carboxylic acids is 2. The summed E-state index contributed by atoms with van der Waals surface area (Å²) in [6, 6.07) is -2.56. The SMILES string of the molecule is CCCCCCCCCCCCCCCC(=O)O[C@@H]1C(O)C(O)[C@H](O)[C@H](O[C@H]2OC(CO)[C@@H](O)[C@H](O)C2N)C1O.CCCCCCCCCCCCCCCC(=O)O[C@@H]1C(O)C(O)[C@H](O)[C@H](O[C@H]2OC(CO)[C@@H](O)[C@H](O)C2[NH3+])C1OP(=O)([O-])O. The number of aliphatic hydroxyl groups is 13. The maximum absolute atomic E-state index is 12.7. The van der Waals surface area contributed by atoms with Gasteiger partial charge in [-0.15, -0.1) is 0 Å². The number of rotatable bonds is 38. The summed E-state index contributed by atoms with van der Waals surface area (Å²) in [4.78, 5) is 46.3. The topological polar surface area (TPSA) is 476 Å². The van der Waals surface area contributed by atoms with Crippen LogP contribution < -0.4 is 16.4 Å². The molecule has 28 heteroatoms. The Bertz CT molecular complexity index is 1810. The lowest BCUT2D eigenvalue weighted by atomic mass is 9.84. The van der Waals surface area contributed by atoms with E-state index < -0.39 is 168 Å². The number of ether oxygens (including phenoxy) is 6. The number of hydrogen-bond donors (Lipinski definition) is 16. The third-order valence-electron chi connectivity index (χ3n) is 16.3. The molecule has 4 aliphatic rings. The summed E-state index contributed by atoms with van der Waals surface area (Å²) in [6.07, 6.45) is -4.89. The standard InChI is InChI=1S/C28H54NO14P.C28H53NO11/c1-2-3-4-5-6-7-8-9-10-11-12-13-14-15-18(31)41-25-23(35)22(34)24(36)26(27(25)43-44(37,38)39)42-28-19(29)21(33)20(32)17(16-30)40-28;1-2-3-4-5-6-7-8-9-10-11-12-13-14-15-18(31)39-26-23(35)22(34)24(36)27(25(26)37)40-28-19(29)21(33)20(32)17(16-30)38-28/h17,19-28,30,32-36H,2-16,29H2,1H3,(H2,37,38,39);17,19-28,30,32-37H,2-16,29H2,1H3/t17?,19?,20-,21-,22?,23?,24+,25-,26+,27?,28-;17?,19?,20-,21-,22?,23?,24+,25?,26-,27+,28-/m11/s1. The summed E-state index contributed by atoms with van der Waals surface area (Å²) in [6.45, 7) is 3.01. The lowest BCUT2D eigenvalue weighted by Gasteiger charge is -2.47. The Morgan fingerprint density at radius 1 is 0.440 bits per heavy atom. The van der Waals surface area contributed by atoms with Gasteiger partial charge in [0.2, 0.25) is 6.29 Å². The van der Waals surface area contributed by atoms with Gasteiger partial charge in [-0.25, -0.2) is 0 Å². The van der Waals surface area contributed by atoms with Crippen LogP contribution in [-0.2, 0) is 47.1 Å². The number of esters is 2. The summed E-state index contributed by atoms with van der Waals surface area (Å²) in [7, 11) is -5.60. The zero-order valence-electron chi connectivity index (χ0n) is 49.4. The van der Waals surface area contributed by atoms with E-state index in [1.54, 1.807) is 0 Å². The van der Waals surface area contributed by atoms with Gasteiger partial charge in [-0.3, -0.25) is 14.2 Å². The molecule has 2 aliphatic heterocycles. The highest BCUT2D eigenvalue weighted by Gasteiger charge is 2.57. The lowest BCUT2D eigenvalue weighted by Crippen LogP contribution is -2.79. The van der Waals surface area contributed by atoms with Gasteiger partial charge < -0.3 is 121 Å². The van der Waals surface area contributed by atoms with E-state index >= 15 is 0 Å². The molecule has 84 heavy (non-hydrogen) atoms. The molecule has 0 aromatic rings. The van der Waals surface area contributed by atoms with Gasteiger partial charge in [0.05, 0.1) is 19.3 Å². The van der Waals surface area contributed by atoms with Crippen LogP contribution in [0, 0.1) is 0 Å². The van der Waals surface area contributed by atoms with Crippen LogP contribution in [0.4, 0.5) is 0 Å². The van der Waals surface area contributed by atoms with Crippen molar-refractivity contribution < 1.29 is 129 Å². The van der Waals surface area contributed by atoms with Gasteiger partial charge in [0.25, 0.3) is 7.82 Å². The Morgan fingerprint density at radius 3 is 1.18 bits per heavy atom. The van der Waals surface area contributed by atoms with Crippen molar-refractivity contribution in [2.45, 2.75) is 328 Å². The fraction of sp³-hybridized carbons (Fsp3) is 0.964. The van der Waals surface area contributed by atoms with Crippen LogP contribution in [0.3, 0.4) is 0 Å². The molecule has 11 unspecified atom stereocenters. The zero-order valence-corrected chi connectivity index (χ0v) is 50.3. The molecule has 27 nitrogen and oxygen atoms in total. The van der Waals surface area contributed by atoms with Crippen molar-refractivity contribution in [1.82, 2.24) is 0 Å². The van der Waals surface area contributed by atoms with Crippen molar-refractivity contribution >= 4 is 19.8 Å². The summed E-state index contributed by atoms with van der Waals surface area (Å²) in [5.74, 6) is -1.51. The van der Waals surface area contributed by atoms with Crippen LogP contribution in [0.25, 0.3) is 0 Å². The van der Waals surface area contributed by atoms with Crippen molar-refractivity contribution in [2.24, 2.45) is 5.73 Å². The number of phosphoric acid groups is 1. The molecule has 0 bridgehead atoms. The van der Waals surface area contributed by atoms with Gasteiger partial charge in [-0.05, 0) is 12.8 Å². The average molecular weight is 1240 g/mol. The number of aliphatic hydroxyl groups excluding tert-OH is 13. The second-order valence-corrected chi connectivity index (χ2v) is 24.4. The fourth-order valence-electron chi connectivity index (χ4n) is 11.0. The lowest BCUT2D eigenvalue weighted by molar-refractivity contribution is -0.506. The molecular weight excluding hydrogens is 1130 g/mol. The molecule has 19 N–H and O–H groups in total. The first kappa shape index (κ1) is 76.5. The quantitative estimate of drug-likeness (QED) is 0.0195. The maximum Gasteiger partial charge on any atom is 0.306 e. The van der Waals surface area contributed by atoms with E-state index in [9.17, 15) is 90.3 Å². The van der Waals surface area contributed by atoms with Crippen molar-refractivity contribution in [3.05, 3.63) is 0 Å². The van der Waals surface area contributed by atoms with Gasteiger partial charge in [0.15, 0.2) is 24.5 Å². The van der Waals surface area contributed by atoms with Crippen molar-refractivity contribution in [2.75, 3.05) is 13.2 Å². The van der Waals surface area contributed by atoms with Gasteiger partial charge in [0, 0.05) is 12.8 Å². The number of unbranched alkanes of at least 4 members (excludes halogenated alkanes) is 24. The summed E-state index contributed by atoms with van der Waals surface area (Å²) in [5.41, 5.74) is 9.48. The average Bonchev–Trinajstić information content (AvgIpc) is 3.67. The minimum Gasteiger partial charge on any atom is -0.756 e. The first-order chi connectivity index (χ1) is 39.9. The Kier molecular flexibility index (Phi) is 37.2. The fourth-order valence-corrected chi connectivity index (χ4v) is 11.6. The Hall–Kier alpha value is -1.71. The summed E-state index contributed by atoms with van der Waals surface area (Å²) < 4.78 is 48.9. The largest absolute Gasteiger partial charge is 0.756 e. The minimum absolute atomic E-state index is 0.0662.